The highest BCUT2D eigenvalue weighted by atomic mass is 16.2. The van der Waals surface area contributed by atoms with E-state index < -0.39 is 0 Å². The normalized spacial score (nSPS) is 16.6. The predicted molar refractivity (Wildman–Crippen MR) is 88.7 cm³/mol. The molecule has 22 heavy (non-hydrogen) atoms. The van der Waals surface area contributed by atoms with Crippen molar-refractivity contribution in [3.8, 4) is 0 Å². The molecular weight excluding hydrogens is 276 g/mol. The van der Waals surface area contributed by atoms with Crippen LogP contribution in [0.15, 0.2) is 30.4 Å². The van der Waals surface area contributed by atoms with Crippen LogP contribution in [0.1, 0.15) is 30.4 Å². The zero-order valence-electron chi connectivity index (χ0n) is 13.6. The number of allylic oxidation sites excluding steroid dienone is 2. The summed E-state index contributed by atoms with van der Waals surface area (Å²) in [6.45, 7) is 4.01. The number of carbonyl (C=O) groups excluding carboxylic acids is 2. The summed E-state index contributed by atoms with van der Waals surface area (Å²) in [6, 6.07) is 5.89. The summed E-state index contributed by atoms with van der Waals surface area (Å²) in [6.07, 6.45) is 6.79. The lowest BCUT2D eigenvalue weighted by Crippen LogP contribution is -2.35. The van der Waals surface area contributed by atoms with Crippen molar-refractivity contribution >= 4 is 17.5 Å². The number of hydrogen-bond donors (Lipinski definition) is 1. The molecule has 0 heterocycles. The summed E-state index contributed by atoms with van der Waals surface area (Å²) >= 11 is 0. The van der Waals surface area contributed by atoms with Gasteiger partial charge in [-0.3, -0.25) is 9.59 Å². The molecule has 1 aromatic carbocycles. The number of likely N-dealkylation sites (N-methyl/N-ethyl adjacent to an activating group) is 1. The molecule has 1 N–H and O–H groups in total. The Morgan fingerprint density at radius 3 is 2.55 bits per heavy atom. The van der Waals surface area contributed by atoms with Crippen LogP contribution in [0, 0.1) is 19.8 Å². The first-order chi connectivity index (χ1) is 10.5. The van der Waals surface area contributed by atoms with E-state index >= 15 is 0 Å². The molecule has 2 rings (SSSR count). The van der Waals surface area contributed by atoms with Gasteiger partial charge in [0, 0.05) is 19.2 Å². The maximum Gasteiger partial charge on any atom is 0.243 e. The minimum Gasteiger partial charge on any atom is -0.336 e. The SMILES string of the molecule is Cc1cccc(C)c1NC(=O)CN(C)C(=O)CC1C=CCC1. The fraction of sp³-hybridized carbons (Fsp3) is 0.444. The topological polar surface area (TPSA) is 49.4 Å². The van der Waals surface area contributed by atoms with Gasteiger partial charge in [0.2, 0.25) is 11.8 Å². The van der Waals surface area contributed by atoms with E-state index in [1.165, 1.54) is 4.90 Å². The Morgan fingerprint density at radius 2 is 1.95 bits per heavy atom. The highest BCUT2D eigenvalue weighted by molar-refractivity contribution is 5.95. The number of para-hydroxylation sites is 1. The molecule has 0 aromatic heterocycles. The van der Waals surface area contributed by atoms with Crippen LogP contribution in [-0.4, -0.2) is 30.3 Å². The molecule has 4 nitrogen and oxygen atoms in total. The maximum atomic E-state index is 12.1. The fourth-order valence-corrected chi connectivity index (χ4v) is 2.74. The van der Waals surface area contributed by atoms with E-state index in [0.717, 1.165) is 29.7 Å². The largest absolute Gasteiger partial charge is 0.336 e. The Hall–Kier alpha value is -2.10. The van der Waals surface area contributed by atoms with E-state index in [2.05, 4.69) is 17.5 Å². The summed E-state index contributed by atoms with van der Waals surface area (Å²) in [5.41, 5.74) is 2.89. The molecule has 1 aliphatic carbocycles. The highest BCUT2D eigenvalue weighted by Gasteiger charge is 2.19. The van der Waals surface area contributed by atoms with Gasteiger partial charge in [0.15, 0.2) is 0 Å². The van der Waals surface area contributed by atoms with Crippen LogP contribution >= 0.6 is 0 Å². The number of amides is 2. The van der Waals surface area contributed by atoms with Crippen LogP contribution in [0.25, 0.3) is 0 Å². The predicted octanol–water partition coefficient (Wildman–Crippen LogP) is 3.06. The average Bonchev–Trinajstić information content (AvgIpc) is 2.96. The minimum absolute atomic E-state index is 0.0215. The van der Waals surface area contributed by atoms with Gasteiger partial charge in [0.1, 0.15) is 0 Å². The number of nitrogens with zero attached hydrogens (tertiary/aromatic N) is 1. The van der Waals surface area contributed by atoms with Crippen LogP contribution in [0.5, 0.6) is 0 Å². The van der Waals surface area contributed by atoms with Crippen LogP contribution < -0.4 is 5.32 Å². The number of carbonyl (C=O) groups is 2. The monoisotopic (exact) mass is 300 g/mol. The lowest BCUT2D eigenvalue weighted by molar-refractivity contribution is -0.133. The van der Waals surface area contributed by atoms with Gasteiger partial charge in [-0.1, -0.05) is 30.4 Å². The van der Waals surface area contributed by atoms with Crippen molar-refractivity contribution in [2.24, 2.45) is 5.92 Å². The molecule has 4 heteroatoms. The molecule has 0 fully saturated rings. The lowest BCUT2D eigenvalue weighted by atomic mass is 10.0. The summed E-state index contributed by atoms with van der Waals surface area (Å²) in [4.78, 5) is 25.8. The quantitative estimate of drug-likeness (QED) is 0.850. The van der Waals surface area contributed by atoms with Crippen molar-refractivity contribution in [1.29, 1.82) is 0 Å². The Labute approximate surface area is 132 Å². The van der Waals surface area contributed by atoms with Crippen LogP contribution in [-0.2, 0) is 9.59 Å². The van der Waals surface area contributed by atoms with E-state index in [9.17, 15) is 9.59 Å². The van der Waals surface area contributed by atoms with E-state index in [1.807, 2.05) is 32.0 Å². The van der Waals surface area contributed by atoms with E-state index in [0.29, 0.717) is 12.3 Å². The standard InChI is InChI=1S/C18H24N2O2/c1-13-7-6-8-14(2)18(13)19-16(21)12-20(3)17(22)11-15-9-4-5-10-15/h4,6-9,15H,5,10-12H2,1-3H3,(H,19,21). The number of nitrogens with one attached hydrogen (secondary N) is 1. The highest BCUT2D eigenvalue weighted by Crippen LogP contribution is 2.21. The van der Waals surface area contributed by atoms with Crippen LogP contribution in [0.3, 0.4) is 0 Å². The summed E-state index contributed by atoms with van der Waals surface area (Å²) in [7, 11) is 1.69. The van der Waals surface area contributed by atoms with Crippen LogP contribution in [0.2, 0.25) is 0 Å². The van der Waals surface area contributed by atoms with E-state index in [4.69, 9.17) is 0 Å². The third-order valence-corrected chi connectivity index (χ3v) is 4.10. The van der Waals surface area contributed by atoms with Gasteiger partial charge in [-0.15, -0.1) is 0 Å². The number of aryl methyl sites for hydroxylation is 2. The zero-order valence-corrected chi connectivity index (χ0v) is 13.6. The van der Waals surface area contributed by atoms with Crippen molar-refractivity contribution in [1.82, 2.24) is 4.90 Å². The molecule has 1 aliphatic rings. The number of benzene rings is 1. The molecule has 0 saturated heterocycles. The minimum atomic E-state index is -0.157. The molecule has 0 saturated carbocycles. The summed E-state index contributed by atoms with van der Waals surface area (Å²) in [5, 5.41) is 2.91. The van der Waals surface area contributed by atoms with Crippen molar-refractivity contribution in [3.05, 3.63) is 41.5 Å². The van der Waals surface area contributed by atoms with Gasteiger partial charge in [-0.25, -0.2) is 0 Å². The number of rotatable bonds is 5. The van der Waals surface area contributed by atoms with Gasteiger partial charge in [0.25, 0.3) is 0 Å². The van der Waals surface area contributed by atoms with Gasteiger partial charge in [-0.05, 0) is 43.7 Å². The fourth-order valence-electron chi connectivity index (χ4n) is 2.74. The third-order valence-electron chi connectivity index (χ3n) is 4.10. The molecular formula is C18H24N2O2. The summed E-state index contributed by atoms with van der Waals surface area (Å²) in [5.74, 6) is 0.194. The van der Waals surface area contributed by atoms with Gasteiger partial charge in [-0.2, -0.15) is 0 Å². The number of hydrogen-bond acceptors (Lipinski definition) is 2. The molecule has 118 valence electrons. The van der Waals surface area contributed by atoms with Gasteiger partial charge >= 0.3 is 0 Å². The molecule has 0 radical (unpaired) electrons. The summed E-state index contributed by atoms with van der Waals surface area (Å²) < 4.78 is 0. The Bertz CT molecular complexity index is 572. The molecule has 0 spiro atoms. The second kappa shape index (κ2) is 7.25. The second-order valence-corrected chi connectivity index (χ2v) is 6.03. The van der Waals surface area contributed by atoms with Crippen LogP contribution in [0.4, 0.5) is 5.69 Å². The molecule has 0 bridgehead atoms. The first-order valence-electron chi connectivity index (χ1n) is 7.74. The Kier molecular flexibility index (Phi) is 5.36. The lowest BCUT2D eigenvalue weighted by Gasteiger charge is -2.19. The molecule has 1 atom stereocenters. The Morgan fingerprint density at radius 1 is 1.27 bits per heavy atom. The zero-order chi connectivity index (χ0) is 16.1. The van der Waals surface area contributed by atoms with Crippen molar-refractivity contribution < 1.29 is 9.59 Å². The van der Waals surface area contributed by atoms with Crippen molar-refractivity contribution in [2.75, 3.05) is 18.9 Å². The first-order valence-corrected chi connectivity index (χ1v) is 7.74. The average molecular weight is 300 g/mol. The van der Waals surface area contributed by atoms with E-state index in [1.54, 1.807) is 7.05 Å². The molecule has 2 amide bonds. The third kappa shape index (κ3) is 4.20. The molecule has 1 aromatic rings. The second-order valence-electron chi connectivity index (χ2n) is 6.03. The number of anilines is 1. The molecule has 0 aliphatic heterocycles. The van der Waals surface area contributed by atoms with Gasteiger partial charge in [0.05, 0.1) is 6.54 Å². The smallest absolute Gasteiger partial charge is 0.243 e. The first kappa shape index (κ1) is 16.3. The van der Waals surface area contributed by atoms with Crippen molar-refractivity contribution in [2.45, 2.75) is 33.1 Å². The Balaban J connectivity index is 1.88. The molecule has 1 unspecified atom stereocenters. The van der Waals surface area contributed by atoms with Crippen molar-refractivity contribution in [3.63, 3.8) is 0 Å². The van der Waals surface area contributed by atoms with E-state index in [-0.39, 0.29) is 18.4 Å². The van der Waals surface area contributed by atoms with Gasteiger partial charge < -0.3 is 10.2 Å². The maximum absolute atomic E-state index is 12.1.